The predicted octanol–water partition coefficient (Wildman–Crippen LogP) is 0.911. The Labute approximate surface area is 114 Å². The van der Waals surface area contributed by atoms with Gasteiger partial charge in [-0.1, -0.05) is 32.9 Å². The smallest absolute Gasteiger partial charge is 0.244 e. The minimum absolute atomic E-state index is 0.0387. The molecule has 1 N–H and O–H groups in total. The molecule has 1 aromatic rings. The van der Waals surface area contributed by atoms with Crippen molar-refractivity contribution >= 4 is 5.91 Å². The lowest BCUT2D eigenvalue weighted by Crippen LogP contribution is -2.39. The van der Waals surface area contributed by atoms with Gasteiger partial charge in [-0.3, -0.25) is 4.79 Å². The van der Waals surface area contributed by atoms with E-state index in [0.29, 0.717) is 17.5 Å². The first-order valence-electron chi connectivity index (χ1n) is 6.70. The summed E-state index contributed by atoms with van der Waals surface area (Å²) in [6, 6.07) is 0. The number of aliphatic hydroxyl groups excluding tert-OH is 1. The zero-order valence-electron chi connectivity index (χ0n) is 12.2. The second-order valence-corrected chi connectivity index (χ2v) is 5.65. The first kappa shape index (κ1) is 15.6. The van der Waals surface area contributed by atoms with Crippen LogP contribution in [0.4, 0.5) is 0 Å². The van der Waals surface area contributed by atoms with Crippen molar-refractivity contribution in [2.45, 2.75) is 40.8 Å². The second kappa shape index (κ2) is 7.23. The molecular weight excluding hydrogens is 244 g/mol. The number of hydrogen-bond donors (Lipinski definition) is 1. The van der Waals surface area contributed by atoms with E-state index < -0.39 is 0 Å². The summed E-state index contributed by atoms with van der Waals surface area (Å²) < 4.78 is 1.47. The monoisotopic (exact) mass is 268 g/mol. The molecule has 0 unspecified atom stereocenters. The summed E-state index contributed by atoms with van der Waals surface area (Å²) >= 11 is 0. The van der Waals surface area contributed by atoms with Crippen molar-refractivity contribution in [3.05, 3.63) is 11.9 Å². The third kappa shape index (κ3) is 5.38. The second-order valence-electron chi connectivity index (χ2n) is 5.65. The number of carbonyl (C=O) groups excluding carboxylic acids is 1. The standard InChI is InChI=1S/C13H24N4O2/c1-10(2)5-16(6-11(3)4)13(19)8-17-7-12(9-18)14-15-17/h7,10-11,18H,5-6,8-9H2,1-4H3. The lowest BCUT2D eigenvalue weighted by atomic mass is 10.1. The summed E-state index contributed by atoms with van der Waals surface area (Å²) in [7, 11) is 0. The summed E-state index contributed by atoms with van der Waals surface area (Å²) in [6.07, 6.45) is 1.60. The summed E-state index contributed by atoms with van der Waals surface area (Å²) in [5.74, 6) is 0.912. The van der Waals surface area contributed by atoms with Gasteiger partial charge >= 0.3 is 0 Å². The van der Waals surface area contributed by atoms with Crippen LogP contribution in [0.5, 0.6) is 0 Å². The SMILES string of the molecule is CC(C)CN(CC(C)C)C(=O)Cn1cc(CO)nn1. The van der Waals surface area contributed by atoms with Gasteiger partial charge in [-0.25, -0.2) is 4.68 Å². The molecular formula is C13H24N4O2. The molecule has 1 rings (SSSR count). The van der Waals surface area contributed by atoms with E-state index in [0.717, 1.165) is 13.1 Å². The van der Waals surface area contributed by atoms with Crippen LogP contribution in [0.1, 0.15) is 33.4 Å². The molecule has 108 valence electrons. The average molecular weight is 268 g/mol. The van der Waals surface area contributed by atoms with E-state index in [-0.39, 0.29) is 19.1 Å². The molecule has 0 aliphatic carbocycles. The zero-order chi connectivity index (χ0) is 14.4. The number of nitrogens with zero attached hydrogens (tertiary/aromatic N) is 4. The Balaban J connectivity index is 2.64. The van der Waals surface area contributed by atoms with Gasteiger partial charge in [-0.05, 0) is 11.8 Å². The molecule has 0 atom stereocenters. The topological polar surface area (TPSA) is 71.2 Å². The molecule has 1 heterocycles. The first-order chi connectivity index (χ1) is 8.92. The van der Waals surface area contributed by atoms with E-state index in [9.17, 15) is 4.79 Å². The quantitative estimate of drug-likeness (QED) is 0.798. The highest BCUT2D eigenvalue weighted by Gasteiger charge is 2.17. The lowest BCUT2D eigenvalue weighted by Gasteiger charge is -2.26. The molecule has 1 amide bonds. The summed E-state index contributed by atoms with van der Waals surface area (Å²) in [5.41, 5.74) is 0.479. The largest absolute Gasteiger partial charge is 0.390 e. The van der Waals surface area contributed by atoms with Gasteiger partial charge in [0.2, 0.25) is 5.91 Å². The van der Waals surface area contributed by atoms with Gasteiger partial charge < -0.3 is 10.0 Å². The highest BCUT2D eigenvalue weighted by Crippen LogP contribution is 2.05. The van der Waals surface area contributed by atoms with E-state index in [4.69, 9.17) is 5.11 Å². The number of aliphatic hydroxyl groups is 1. The number of hydrogen-bond acceptors (Lipinski definition) is 4. The normalized spacial score (nSPS) is 11.3. The molecule has 19 heavy (non-hydrogen) atoms. The maximum Gasteiger partial charge on any atom is 0.244 e. The van der Waals surface area contributed by atoms with Crippen molar-refractivity contribution in [1.29, 1.82) is 0 Å². The van der Waals surface area contributed by atoms with E-state index in [2.05, 4.69) is 38.0 Å². The Kier molecular flexibility index (Phi) is 5.95. The fourth-order valence-corrected chi connectivity index (χ4v) is 1.89. The first-order valence-corrected chi connectivity index (χ1v) is 6.70. The summed E-state index contributed by atoms with van der Waals surface area (Å²) in [6.45, 7) is 9.90. The molecule has 0 aliphatic heterocycles. The van der Waals surface area contributed by atoms with Crippen LogP contribution >= 0.6 is 0 Å². The Bertz CT molecular complexity index is 391. The van der Waals surface area contributed by atoms with Gasteiger partial charge in [-0.2, -0.15) is 0 Å². The predicted molar refractivity (Wildman–Crippen MR) is 72.2 cm³/mol. The van der Waals surface area contributed by atoms with Gasteiger partial charge in [0.15, 0.2) is 0 Å². The number of amides is 1. The molecule has 0 bridgehead atoms. The van der Waals surface area contributed by atoms with Crippen molar-refractivity contribution in [1.82, 2.24) is 19.9 Å². The van der Waals surface area contributed by atoms with Gasteiger partial charge in [0.05, 0.1) is 12.8 Å². The maximum absolute atomic E-state index is 12.3. The average Bonchev–Trinajstić information content (AvgIpc) is 2.74. The van der Waals surface area contributed by atoms with Crippen LogP contribution in [0.15, 0.2) is 6.20 Å². The zero-order valence-corrected chi connectivity index (χ0v) is 12.2. The highest BCUT2D eigenvalue weighted by molar-refractivity contribution is 5.75. The van der Waals surface area contributed by atoms with E-state index in [1.165, 1.54) is 4.68 Å². The van der Waals surface area contributed by atoms with Crippen LogP contribution in [-0.4, -0.2) is 44.0 Å². The summed E-state index contributed by atoms with van der Waals surface area (Å²) in [4.78, 5) is 14.1. The number of rotatable bonds is 7. The molecule has 0 fully saturated rings. The van der Waals surface area contributed by atoms with Gasteiger partial charge in [0, 0.05) is 13.1 Å². The highest BCUT2D eigenvalue weighted by atomic mass is 16.3. The number of carbonyl (C=O) groups is 1. The molecule has 0 spiro atoms. The van der Waals surface area contributed by atoms with Gasteiger partial charge in [-0.15, -0.1) is 5.10 Å². The van der Waals surface area contributed by atoms with E-state index in [1.807, 2.05) is 4.90 Å². The van der Waals surface area contributed by atoms with E-state index >= 15 is 0 Å². The Morgan fingerprint density at radius 1 is 1.32 bits per heavy atom. The minimum Gasteiger partial charge on any atom is -0.390 e. The van der Waals surface area contributed by atoms with Crippen LogP contribution in [0.25, 0.3) is 0 Å². The third-order valence-corrected chi connectivity index (χ3v) is 2.57. The minimum atomic E-state index is -0.157. The van der Waals surface area contributed by atoms with Crippen LogP contribution in [-0.2, 0) is 17.9 Å². The van der Waals surface area contributed by atoms with Crippen molar-refractivity contribution in [2.75, 3.05) is 13.1 Å². The van der Waals surface area contributed by atoms with E-state index in [1.54, 1.807) is 6.20 Å². The van der Waals surface area contributed by atoms with Crippen LogP contribution < -0.4 is 0 Å². The number of aromatic nitrogens is 3. The molecule has 6 heteroatoms. The molecule has 1 aromatic heterocycles. The van der Waals surface area contributed by atoms with Crippen molar-refractivity contribution < 1.29 is 9.90 Å². The van der Waals surface area contributed by atoms with Crippen molar-refractivity contribution in [3.63, 3.8) is 0 Å². The molecule has 0 aromatic carbocycles. The Morgan fingerprint density at radius 3 is 2.32 bits per heavy atom. The van der Waals surface area contributed by atoms with Crippen LogP contribution in [0.2, 0.25) is 0 Å². The lowest BCUT2D eigenvalue weighted by molar-refractivity contribution is -0.133. The fraction of sp³-hybridized carbons (Fsp3) is 0.769. The van der Waals surface area contributed by atoms with Crippen LogP contribution in [0.3, 0.4) is 0 Å². The summed E-state index contributed by atoms with van der Waals surface area (Å²) in [5, 5.41) is 16.5. The molecule has 0 saturated heterocycles. The molecule has 0 radical (unpaired) electrons. The van der Waals surface area contributed by atoms with Crippen molar-refractivity contribution in [2.24, 2.45) is 11.8 Å². The maximum atomic E-state index is 12.3. The van der Waals surface area contributed by atoms with Gasteiger partial charge in [0.1, 0.15) is 12.2 Å². The Hall–Kier alpha value is -1.43. The fourth-order valence-electron chi connectivity index (χ4n) is 1.89. The molecule has 6 nitrogen and oxygen atoms in total. The van der Waals surface area contributed by atoms with Crippen LogP contribution in [0, 0.1) is 11.8 Å². The third-order valence-electron chi connectivity index (χ3n) is 2.57. The Morgan fingerprint density at radius 2 is 1.89 bits per heavy atom. The molecule has 0 aliphatic rings. The molecule has 0 saturated carbocycles. The van der Waals surface area contributed by atoms with Gasteiger partial charge in [0.25, 0.3) is 0 Å². The van der Waals surface area contributed by atoms with Crippen molar-refractivity contribution in [3.8, 4) is 0 Å².